The minimum absolute atomic E-state index is 0.125. The van der Waals surface area contributed by atoms with Crippen molar-refractivity contribution < 1.29 is 23.9 Å². The summed E-state index contributed by atoms with van der Waals surface area (Å²) in [5.41, 5.74) is 2.18. The van der Waals surface area contributed by atoms with Gasteiger partial charge in [-0.2, -0.15) is 0 Å². The second-order valence-electron chi connectivity index (χ2n) is 9.24. The Kier molecular flexibility index (Phi) is 6.32. The van der Waals surface area contributed by atoms with E-state index in [1.807, 2.05) is 19.1 Å². The average Bonchev–Trinajstić information content (AvgIpc) is 3.47. The van der Waals surface area contributed by atoms with Crippen molar-refractivity contribution in [1.82, 2.24) is 0 Å². The van der Waals surface area contributed by atoms with E-state index in [0.29, 0.717) is 17.8 Å². The molecule has 3 fully saturated rings. The molecule has 0 radical (unpaired) electrons. The van der Waals surface area contributed by atoms with Gasteiger partial charge in [-0.1, -0.05) is 25.1 Å². The molecule has 6 atom stereocenters. The van der Waals surface area contributed by atoms with Crippen LogP contribution < -0.4 is 10.2 Å². The Morgan fingerprint density at radius 3 is 2.23 bits per heavy atom. The number of hydrogen-bond acceptors (Lipinski definition) is 5. The summed E-state index contributed by atoms with van der Waals surface area (Å²) in [5, 5.41) is 2.00. The summed E-state index contributed by atoms with van der Waals surface area (Å²) < 4.78 is 5.15. The topological polar surface area (TPSA) is 92.8 Å². The van der Waals surface area contributed by atoms with Gasteiger partial charge in [0.1, 0.15) is 0 Å². The van der Waals surface area contributed by atoms with E-state index < -0.39 is 30.3 Å². The molecular weight excluding hydrogens is 491 g/mol. The van der Waals surface area contributed by atoms with Crippen LogP contribution in [0.4, 0.5) is 11.4 Å². The lowest BCUT2D eigenvalue weighted by molar-refractivity contribution is -0.123. The largest absolute Gasteiger partial charge is 0.452 e. The van der Waals surface area contributed by atoms with Gasteiger partial charge in [0.05, 0.1) is 33.8 Å². The number of nitrogens with zero attached hydrogens (tertiary/aromatic N) is 1. The molecule has 2 saturated carbocycles. The Bertz CT molecular complexity index is 1170. The molecule has 9 heteroatoms. The number of ether oxygens (including phenoxy) is 1. The number of esters is 1. The molecule has 2 aromatic rings. The fraction of sp³-hybridized carbons (Fsp3) is 0.385. The molecule has 1 heterocycles. The van der Waals surface area contributed by atoms with Crippen LogP contribution in [0.15, 0.2) is 48.5 Å². The number of rotatable bonds is 6. The molecule has 35 heavy (non-hydrogen) atoms. The van der Waals surface area contributed by atoms with Crippen molar-refractivity contribution in [2.75, 3.05) is 16.8 Å². The zero-order valence-corrected chi connectivity index (χ0v) is 20.5. The molecule has 7 nitrogen and oxygen atoms in total. The second-order valence-corrected chi connectivity index (χ2v) is 10.2. The molecule has 3 aliphatic rings. The maximum absolute atomic E-state index is 13.2. The van der Waals surface area contributed by atoms with Gasteiger partial charge in [0, 0.05) is 5.69 Å². The van der Waals surface area contributed by atoms with Gasteiger partial charge >= 0.3 is 5.97 Å². The third kappa shape index (κ3) is 4.10. The second kappa shape index (κ2) is 9.28. The highest BCUT2D eigenvalue weighted by Crippen LogP contribution is 2.59. The lowest BCUT2D eigenvalue weighted by Crippen LogP contribution is -2.37. The number of fused-ring (bicyclic) bond motifs is 5. The molecule has 2 bridgehead atoms. The first kappa shape index (κ1) is 23.8. The number of benzene rings is 2. The number of anilines is 2. The van der Waals surface area contributed by atoms with Gasteiger partial charge in [0.25, 0.3) is 5.91 Å². The fourth-order valence-corrected chi connectivity index (χ4v) is 6.50. The summed E-state index contributed by atoms with van der Waals surface area (Å²) in [5.74, 6) is -3.02. The molecule has 1 N–H and O–H groups in total. The Hall–Kier alpha value is -2.90. The van der Waals surface area contributed by atoms with Crippen LogP contribution in [0, 0.1) is 23.7 Å². The minimum Gasteiger partial charge on any atom is -0.452 e. The average molecular weight is 515 g/mol. The van der Waals surface area contributed by atoms with Gasteiger partial charge in [0.2, 0.25) is 11.8 Å². The van der Waals surface area contributed by atoms with Crippen molar-refractivity contribution >= 4 is 58.3 Å². The molecule has 3 amide bonds. The zero-order chi connectivity index (χ0) is 24.9. The van der Waals surface area contributed by atoms with Crippen LogP contribution in [0.1, 0.15) is 29.3 Å². The zero-order valence-electron chi connectivity index (χ0n) is 18.9. The third-order valence-corrected chi connectivity index (χ3v) is 8.63. The van der Waals surface area contributed by atoms with E-state index in [1.54, 1.807) is 24.3 Å². The first-order valence-corrected chi connectivity index (χ1v) is 12.5. The van der Waals surface area contributed by atoms with Gasteiger partial charge in [0.15, 0.2) is 6.61 Å². The minimum atomic E-state index is -0.732. The summed E-state index contributed by atoms with van der Waals surface area (Å²) in [4.78, 5) is 52.3. The lowest BCUT2D eigenvalue weighted by atomic mass is 9.80. The molecule has 182 valence electrons. The van der Waals surface area contributed by atoms with Gasteiger partial charge in [-0.15, -0.1) is 23.2 Å². The Morgan fingerprint density at radius 2 is 1.63 bits per heavy atom. The van der Waals surface area contributed by atoms with Gasteiger partial charge in [-0.3, -0.25) is 19.3 Å². The Balaban J connectivity index is 1.24. The quantitative estimate of drug-likeness (QED) is 0.357. The van der Waals surface area contributed by atoms with E-state index in [2.05, 4.69) is 5.32 Å². The molecule has 5 rings (SSSR count). The molecule has 1 saturated heterocycles. The standard InChI is InChI=1S/C26H24Cl2N2O5/c1-2-13-6-8-15(9-7-13)29-19(31)12-35-26(34)14-4-3-5-16(10-14)30-24(32)20-17-11-18(21(20)25(30)33)23(28)22(17)27/h3-10,17-18,20-23H,2,11-12H2,1H3,(H,29,31)/t17-,18-,20-,21+,22+,23+/m1/s1. The van der Waals surface area contributed by atoms with E-state index in [-0.39, 0.29) is 40.0 Å². The van der Waals surface area contributed by atoms with Crippen molar-refractivity contribution in [3.05, 3.63) is 59.7 Å². The van der Waals surface area contributed by atoms with Crippen LogP contribution in [0.5, 0.6) is 0 Å². The van der Waals surface area contributed by atoms with Crippen LogP contribution >= 0.6 is 23.2 Å². The fourth-order valence-electron chi connectivity index (χ4n) is 5.61. The van der Waals surface area contributed by atoms with Crippen LogP contribution in [0.3, 0.4) is 0 Å². The monoisotopic (exact) mass is 514 g/mol. The van der Waals surface area contributed by atoms with E-state index in [1.165, 1.54) is 12.1 Å². The van der Waals surface area contributed by atoms with Crippen LogP contribution in [0.2, 0.25) is 0 Å². The molecule has 0 aromatic heterocycles. The van der Waals surface area contributed by atoms with Gasteiger partial charge in [-0.05, 0) is 60.6 Å². The van der Waals surface area contributed by atoms with Crippen LogP contribution in [-0.4, -0.2) is 41.1 Å². The molecule has 0 spiro atoms. The number of halogens is 2. The molecule has 2 aromatic carbocycles. The summed E-state index contributed by atoms with van der Waals surface area (Å²) in [6.07, 6.45) is 1.57. The third-order valence-electron chi connectivity index (χ3n) is 7.31. The van der Waals surface area contributed by atoms with Crippen molar-refractivity contribution in [1.29, 1.82) is 0 Å². The van der Waals surface area contributed by atoms with Crippen LogP contribution in [-0.2, 0) is 25.5 Å². The maximum Gasteiger partial charge on any atom is 0.338 e. The smallest absolute Gasteiger partial charge is 0.338 e. The number of hydrogen-bond donors (Lipinski definition) is 1. The molecule has 0 unspecified atom stereocenters. The van der Waals surface area contributed by atoms with E-state index in [4.69, 9.17) is 27.9 Å². The van der Waals surface area contributed by atoms with Crippen LogP contribution in [0.25, 0.3) is 0 Å². The number of carbonyl (C=O) groups is 4. The highest BCUT2D eigenvalue weighted by atomic mass is 35.5. The molecule has 2 aliphatic carbocycles. The van der Waals surface area contributed by atoms with Gasteiger partial charge < -0.3 is 10.1 Å². The SMILES string of the molecule is CCc1ccc(NC(=O)COC(=O)c2cccc(N3C(=O)[C@@H]4[C@H]5C[C@@H]([C@H](Cl)[C@H]5Cl)[C@@H]4C3=O)c2)cc1. The van der Waals surface area contributed by atoms with Gasteiger partial charge in [-0.25, -0.2) is 4.79 Å². The van der Waals surface area contributed by atoms with E-state index in [0.717, 1.165) is 16.9 Å². The number of carbonyl (C=O) groups excluding carboxylic acids is 4. The predicted molar refractivity (Wildman–Crippen MR) is 132 cm³/mol. The van der Waals surface area contributed by atoms with Crippen molar-refractivity contribution in [2.45, 2.75) is 30.5 Å². The number of imide groups is 1. The predicted octanol–water partition coefficient (Wildman–Crippen LogP) is 4.01. The summed E-state index contributed by atoms with van der Waals surface area (Å²) in [6, 6.07) is 13.5. The van der Waals surface area contributed by atoms with Crippen molar-refractivity contribution in [3.63, 3.8) is 0 Å². The molecular formula is C26H24Cl2N2O5. The summed E-state index contributed by atoms with van der Waals surface area (Å²) >= 11 is 12.8. The number of amides is 3. The first-order chi connectivity index (χ1) is 16.8. The highest BCUT2D eigenvalue weighted by Gasteiger charge is 2.66. The molecule has 1 aliphatic heterocycles. The maximum atomic E-state index is 13.2. The number of alkyl halides is 2. The van der Waals surface area contributed by atoms with Crippen molar-refractivity contribution in [3.8, 4) is 0 Å². The van der Waals surface area contributed by atoms with E-state index >= 15 is 0 Å². The normalized spacial score (nSPS) is 28.8. The lowest BCUT2D eigenvalue weighted by Gasteiger charge is -2.28. The summed E-state index contributed by atoms with van der Waals surface area (Å²) in [6.45, 7) is 1.57. The Morgan fingerprint density at radius 1 is 1.00 bits per heavy atom. The van der Waals surface area contributed by atoms with Crippen molar-refractivity contribution in [2.24, 2.45) is 23.7 Å². The summed E-state index contributed by atoms with van der Waals surface area (Å²) in [7, 11) is 0. The Labute approximate surface area is 212 Å². The number of nitrogens with one attached hydrogen (secondary N) is 1. The first-order valence-electron chi connectivity index (χ1n) is 11.6. The number of aryl methyl sites for hydroxylation is 1. The highest BCUT2D eigenvalue weighted by molar-refractivity contribution is 6.32. The van der Waals surface area contributed by atoms with E-state index in [9.17, 15) is 19.2 Å².